The Bertz CT molecular complexity index is 284. The molecule has 0 bridgehead atoms. The van der Waals surface area contributed by atoms with Crippen LogP contribution in [0.1, 0.15) is 39.5 Å². The summed E-state index contributed by atoms with van der Waals surface area (Å²) in [6.07, 6.45) is 4.10. The van der Waals surface area contributed by atoms with Gasteiger partial charge in [0.25, 0.3) is 0 Å². The number of hydrogen-bond acceptors (Lipinski definition) is 3. The molecule has 104 valence electrons. The minimum Gasteiger partial charge on any atom is -0.380 e. The predicted molar refractivity (Wildman–Crippen MR) is 72.5 cm³/mol. The van der Waals surface area contributed by atoms with Crippen molar-refractivity contribution in [2.24, 2.45) is 17.8 Å². The van der Waals surface area contributed by atoms with Gasteiger partial charge in [0.05, 0.1) is 6.61 Å². The lowest BCUT2D eigenvalue weighted by Gasteiger charge is -2.34. The van der Waals surface area contributed by atoms with Gasteiger partial charge in [-0.15, -0.1) is 0 Å². The predicted octanol–water partition coefficient (Wildman–Crippen LogP) is 2.35. The van der Waals surface area contributed by atoms with E-state index in [9.17, 15) is 4.79 Å². The monoisotopic (exact) mass is 253 g/mol. The van der Waals surface area contributed by atoms with Crippen molar-refractivity contribution in [3.63, 3.8) is 0 Å². The molecule has 2 aliphatic rings. The molecule has 0 aromatic heterocycles. The van der Waals surface area contributed by atoms with Gasteiger partial charge < -0.3 is 9.64 Å². The van der Waals surface area contributed by atoms with E-state index in [2.05, 4.69) is 25.8 Å². The summed E-state index contributed by atoms with van der Waals surface area (Å²) in [6, 6.07) is 0.525. The highest BCUT2D eigenvalue weighted by atomic mass is 16.5. The van der Waals surface area contributed by atoms with Gasteiger partial charge in [-0.05, 0) is 38.1 Å². The van der Waals surface area contributed by atoms with Crippen LogP contribution in [0, 0.1) is 17.8 Å². The Morgan fingerprint density at radius 2 is 2.17 bits per heavy atom. The number of nitrogens with zero attached hydrogens (tertiary/aromatic N) is 1. The summed E-state index contributed by atoms with van der Waals surface area (Å²) >= 11 is 0. The molecule has 3 heteroatoms. The first-order chi connectivity index (χ1) is 8.58. The fourth-order valence-corrected chi connectivity index (χ4v) is 3.29. The standard InChI is InChI=1S/C15H27NO2/c1-11(2)12-4-5-15(17)13(8-12)9-16(3)14-6-7-18-10-14/h11-14H,4-10H2,1-3H3. The summed E-state index contributed by atoms with van der Waals surface area (Å²) in [7, 11) is 2.14. The molecule has 3 atom stereocenters. The minimum atomic E-state index is 0.261. The third kappa shape index (κ3) is 3.33. The van der Waals surface area contributed by atoms with Crippen LogP contribution in [-0.2, 0) is 9.53 Å². The van der Waals surface area contributed by atoms with Gasteiger partial charge in [0.2, 0.25) is 0 Å². The first-order valence-corrected chi connectivity index (χ1v) is 7.38. The van der Waals surface area contributed by atoms with E-state index in [0.29, 0.717) is 17.7 Å². The van der Waals surface area contributed by atoms with Crippen LogP contribution in [0.4, 0.5) is 0 Å². The third-order valence-corrected chi connectivity index (χ3v) is 4.78. The van der Waals surface area contributed by atoms with Crippen molar-refractivity contribution >= 4 is 5.78 Å². The van der Waals surface area contributed by atoms with E-state index in [1.54, 1.807) is 0 Å². The molecule has 3 unspecified atom stereocenters. The molecule has 1 aliphatic heterocycles. The second-order valence-corrected chi connectivity index (χ2v) is 6.40. The van der Waals surface area contributed by atoms with Gasteiger partial charge >= 0.3 is 0 Å². The molecule has 2 fully saturated rings. The molecule has 2 rings (SSSR count). The van der Waals surface area contributed by atoms with Gasteiger partial charge in [0.1, 0.15) is 5.78 Å². The molecule has 3 nitrogen and oxygen atoms in total. The Morgan fingerprint density at radius 1 is 1.39 bits per heavy atom. The van der Waals surface area contributed by atoms with Crippen LogP contribution in [0.15, 0.2) is 0 Å². The molecular formula is C15H27NO2. The highest BCUT2D eigenvalue weighted by Crippen LogP contribution is 2.32. The van der Waals surface area contributed by atoms with E-state index in [4.69, 9.17) is 4.74 Å². The van der Waals surface area contributed by atoms with Crippen molar-refractivity contribution in [1.82, 2.24) is 4.90 Å². The lowest BCUT2D eigenvalue weighted by molar-refractivity contribution is -0.126. The van der Waals surface area contributed by atoms with E-state index < -0.39 is 0 Å². The molecule has 18 heavy (non-hydrogen) atoms. The largest absolute Gasteiger partial charge is 0.380 e. The maximum absolute atomic E-state index is 12.1. The summed E-state index contributed by atoms with van der Waals surface area (Å²) in [4.78, 5) is 14.4. The van der Waals surface area contributed by atoms with E-state index in [1.165, 1.54) is 0 Å². The number of rotatable bonds is 4. The van der Waals surface area contributed by atoms with Crippen molar-refractivity contribution in [3.05, 3.63) is 0 Å². The number of carbonyl (C=O) groups excluding carboxylic acids is 1. The molecule has 1 saturated heterocycles. The van der Waals surface area contributed by atoms with Crippen LogP contribution in [0.25, 0.3) is 0 Å². The summed E-state index contributed by atoms with van der Waals surface area (Å²) in [5, 5.41) is 0. The molecule has 0 aromatic rings. The van der Waals surface area contributed by atoms with Crippen molar-refractivity contribution in [2.45, 2.75) is 45.6 Å². The number of likely N-dealkylation sites (N-methyl/N-ethyl adjacent to an activating group) is 1. The average molecular weight is 253 g/mol. The molecule has 0 aromatic carbocycles. The normalized spacial score (nSPS) is 33.6. The van der Waals surface area contributed by atoms with Gasteiger partial charge in [-0.1, -0.05) is 13.8 Å². The quantitative estimate of drug-likeness (QED) is 0.770. The number of Topliss-reactive ketones (excluding diaryl/α,β-unsaturated/α-hetero) is 1. The highest BCUT2D eigenvalue weighted by Gasteiger charge is 2.32. The second-order valence-electron chi connectivity index (χ2n) is 6.40. The minimum absolute atomic E-state index is 0.261. The number of hydrogen-bond donors (Lipinski definition) is 0. The zero-order valence-electron chi connectivity index (χ0n) is 12.0. The zero-order valence-corrected chi connectivity index (χ0v) is 12.0. The van der Waals surface area contributed by atoms with Gasteiger partial charge in [-0.2, -0.15) is 0 Å². The fourth-order valence-electron chi connectivity index (χ4n) is 3.29. The first-order valence-electron chi connectivity index (χ1n) is 7.38. The molecule has 0 amide bonds. The van der Waals surface area contributed by atoms with Crippen molar-refractivity contribution in [1.29, 1.82) is 0 Å². The summed E-state index contributed by atoms with van der Waals surface area (Å²) in [6.45, 7) is 7.21. The number of ketones is 1. The molecule has 1 aliphatic carbocycles. The van der Waals surface area contributed by atoms with Crippen LogP contribution in [0.3, 0.4) is 0 Å². The average Bonchev–Trinajstić information content (AvgIpc) is 2.85. The fraction of sp³-hybridized carbons (Fsp3) is 0.933. The topological polar surface area (TPSA) is 29.5 Å². The maximum atomic E-state index is 12.1. The van der Waals surface area contributed by atoms with Gasteiger partial charge in [0.15, 0.2) is 0 Å². The van der Waals surface area contributed by atoms with Gasteiger partial charge in [0, 0.05) is 31.5 Å². The van der Waals surface area contributed by atoms with Gasteiger partial charge in [-0.25, -0.2) is 0 Å². The second kappa shape index (κ2) is 6.16. The van der Waals surface area contributed by atoms with E-state index in [0.717, 1.165) is 51.4 Å². The van der Waals surface area contributed by atoms with Gasteiger partial charge in [-0.3, -0.25) is 4.79 Å². The van der Waals surface area contributed by atoms with Crippen LogP contribution in [0.5, 0.6) is 0 Å². The lowest BCUT2D eigenvalue weighted by Crippen LogP contribution is -2.40. The molecule has 0 N–H and O–H groups in total. The Balaban J connectivity index is 1.87. The Morgan fingerprint density at radius 3 is 2.78 bits per heavy atom. The molecule has 0 spiro atoms. The molecular weight excluding hydrogens is 226 g/mol. The van der Waals surface area contributed by atoms with Crippen LogP contribution in [0.2, 0.25) is 0 Å². The zero-order chi connectivity index (χ0) is 13.1. The summed E-state index contributed by atoms with van der Waals surface area (Å²) < 4.78 is 5.43. The Kier molecular flexibility index (Phi) is 4.79. The lowest BCUT2D eigenvalue weighted by atomic mass is 9.75. The van der Waals surface area contributed by atoms with Crippen LogP contribution >= 0.6 is 0 Å². The SMILES string of the molecule is CC(C)C1CCC(=O)C(CN(C)C2CCOC2)C1. The maximum Gasteiger partial charge on any atom is 0.137 e. The molecule has 0 radical (unpaired) electrons. The Hall–Kier alpha value is -0.410. The molecule has 1 heterocycles. The first kappa shape index (κ1) is 14.0. The molecule has 1 saturated carbocycles. The smallest absolute Gasteiger partial charge is 0.137 e. The number of carbonyl (C=O) groups is 1. The Labute approximate surface area is 111 Å². The van der Waals surface area contributed by atoms with Crippen molar-refractivity contribution in [3.8, 4) is 0 Å². The van der Waals surface area contributed by atoms with Crippen molar-refractivity contribution < 1.29 is 9.53 Å². The van der Waals surface area contributed by atoms with E-state index >= 15 is 0 Å². The van der Waals surface area contributed by atoms with Crippen LogP contribution in [-0.4, -0.2) is 43.5 Å². The summed E-state index contributed by atoms with van der Waals surface area (Å²) in [5.41, 5.74) is 0. The van der Waals surface area contributed by atoms with Crippen LogP contribution < -0.4 is 0 Å². The number of ether oxygens (including phenoxy) is 1. The third-order valence-electron chi connectivity index (χ3n) is 4.78. The van der Waals surface area contributed by atoms with E-state index in [1.807, 2.05) is 0 Å². The van der Waals surface area contributed by atoms with Crippen molar-refractivity contribution in [2.75, 3.05) is 26.8 Å². The summed E-state index contributed by atoms with van der Waals surface area (Å²) in [5.74, 6) is 2.19. The van der Waals surface area contributed by atoms with E-state index in [-0.39, 0.29) is 5.92 Å². The highest BCUT2D eigenvalue weighted by molar-refractivity contribution is 5.82.